The minimum absolute atomic E-state index is 0.461. The molecular weight excluding hydrogens is 262 g/mol. The van der Waals surface area contributed by atoms with E-state index in [1.807, 2.05) is 37.4 Å². The van der Waals surface area contributed by atoms with Crippen molar-refractivity contribution in [1.82, 2.24) is 4.90 Å². The Morgan fingerprint density at radius 2 is 1.86 bits per heavy atom. The number of rotatable bonds is 6. The van der Waals surface area contributed by atoms with E-state index in [-0.39, 0.29) is 0 Å². The van der Waals surface area contributed by atoms with E-state index in [4.69, 9.17) is 11.5 Å². The number of hydrogen-bond acceptors (Lipinski definition) is 3. The summed E-state index contributed by atoms with van der Waals surface area (Å²) in [5.74, 6) is 0.251. The molecule has 4 N–H and O–H groups in total. The highest BCUT2D eigenvalue weighted by molar-refractivity contribution is 5.86. The van der Waals surface area contributed by atoms with Gasteiger partial charge < -0.3 is 16.4 Å². The maximum Gasteiger partial charge on any atom is 0.243 e. The smallest absolute Gasteiger partial charge is 0.243 e. The summed E-state index contributed by atoms with van der Waals surface area (Å²) in [4.78, 5) is 14.1. The second-order valence-electron chi connectivity index (χ2n) is 6.40. The summed E-state index contributed by atoms with van der Waals surface area (Å²) in [7, 11) is 2.03. The molecule has 1 fully saturated rings. The van der Waals surface area contributed by atoms with E-state index in [1.54, 1.807) is 0 Å². The third-order valence-corrected chi connectivity index (χ3v) is 4.54. The van der Waals surface area contributed by atoms with E-state index in [0.29, 0.717) is 6.54 Å². The fraction of sp³-hybridized carbons (Fsp3) is 0.588. The van der Waals surface area contributed by atoms with Crippen LogP contribution in [0.15, 0.2) is 30.3 Å². The summed E-state index contributed by atoms with van der Waals surface area (Å²) < 4.78 is 0. The number of primary amides is 1. The molecule has 0 bridgehead atoms. The molecule has 1 saturated carbocycles. The van der Waals surface area contributed by atoms with Crippen LogP contribution in [0.5, 0.6) is 0 Å². The van der Waals surface area contributed by atoms with Crippen molar-refractivity contribution in [3.8, 4) is 0 Å². The van der Waals surface area contributed by atoms with E-state index in [9.17, 15) is 4.79 Å². The molecule has 1 atom stereocenters. The minimum atomic E-state index is -1.12. The van der Waals surface area contributed by atoms with Crippen LogP contribution in [0, 0.1) is 5.92 Å². The summed E-state index contributed by atoms with van der Waals surface area (Å²) in [6.45, 7) is 1.45. The van der Waals surface area contributed by atoms with Crippen molar-refractivity contribution in [3.63, 3.8) is 0 Å². The molecule has 1 amide bonds. The molecule has 4 nitrogen and oxygen atoms in total. The summed E-state index contributed by atoms with van der Waals surface area (Å²) in [5.41, 5.74) is 11.6. The first-order valence-electron chi connectivity index (χ1n) is 7.85. The fourth-order valence-electron chi connectivity index (χ4n) is 3.35. The van der Waals surface area contributed by atoms with Gasteiger partial charge in [0.05, 0.1) is 0 Å². The van der Waals surface area contributed by atoms with Crippen molar-refractivity contribution in [3.05, 3.63) is 35.9 Å². The van der Waals surface area contributed by atoms with E-state index in [1.165, 1.54) is 32.1 Å². The first-order chi connectivity index (χ1) is 10.0. The van der Waals surface area contributed by atoms with Crippen molar-refractivity contribution in [2.75, 3.05) is 20.1 Å². The predicted molar refractivity (Wildman–Crippen MR) is 85.6 cm³/mol. The zero-order valence-corrected chi connectivity index (χ0v) is 12.9. The second kappa shape index (κ2) is 7.05. The first-order valence-corrected chi connectivity index (χ1v) is 7.85. The molecule has 1 aliphatic carbocycles. The molecule has 1 aromatic rings. The molecule has 0 aromatic heterocycles. The zero-order chi connectivity index (χ0) is 15.3. The lowest BCUT2D eigenvalue weighted by atomic mass is 9.87. The molecule has 2 rings (SSSR count). The highest BCUT2D eigenvalue weighted by Gasteiger charge is 2.35. The molecule has 0 radical (unpaired) electrons. The Bertz CT molecular complexity index is 456. The SMILES string of the molecule is CN(CC1CCCCC1)CC(N)(C(N)=O)c1ccccc1. The van der Waals surface area contributed by atoms with E-state index in [2.05, 4.69) is 4.90 Å². The Labute approximate surface area is 127 Å². The molecule has 0 aliphatic heterocycles. The fourth-order valence-corrected chi connectivity index (χ4v) is 3.35. The van der Waals surface area contributed by atoms with E-state index in [0.717, 1.165) is 18.0 Å². The average Bonchev–Trinajstić information content (AvgIpc) is 2.48. The van der Waals surface area contributed by atoms with Crippen molar-refractivity contribution in [1.29, 1.82) is 0 Å². The van der Waals surface area contributed by atoms with Crippen LogP contribution in [0.1, 0.15) is 37.7 Å². The number of amides is 1. The van der Waals surface area contributed by atoms with Gasteiger partial charge in [-0.15, -0.1) is 0 Å². The van der Waals surface area contributed by atoms with E-state index < -0.39 is 11.4 Å². The lowest BCUT2D eigenvalue weighted by Crippen LogP contribution is -2.56. The number of carbonyl (C=O) groups excluding carboxylic acids is 1. The van der Waals surface area contributed by atoms with Crippen LogP contribution >= 0.6 is 0 Å². The topological polar surface area (TPSA) is 72.3 Å². The van der Waals surface area contributed by atoms with Gasteiger partial charge in [-0.2, -0.15) is 0 Å². The Hall–Kier alpha value is -1.39. The molecular formula is C17H27N3O. The monoisotopic (exact) mass is 289 g/mol. The van der Waals surface area contributed by atoms with Gasteiger partial charge in [-0.1, -0.05) is 49.6 Å². The quantitative estimate of drug-likeness (QED) is 0.839. The molecule has 0 saturated heterocycles. The normalized spacial score (nSPS) is 19.4. The zero-order valence-electron chi connectivity index (χ0n) is 12.9. The van der Waals surface area contributed by atoms with Crippen LogP contribution in [-0.2, 0) is 10.3 Å². The van der Waals surface area contributed by atoms with Gasteiger partial charge in [-0.25, -0.2) is 0 Å². The summed E-state index contributed by atoms with van der Waals surface area (Å²) in [6.07, 6.45) is 6.56. The molecule has 0 heterocycles. The highest BCUT2D eigenvalue weighted by Crippen LogP contribution is 2.25. The number of likely N-dealkylation sites (N-methyl/N-ethyl adjacent to an activating group) is 1. The number of hydrogen-bond donors (Lipinski definition) is 2. The first kappa shape index (κ1) is 16.0. The summed E-state index contributed by atoms with van der Waals surface area (Å²) in [6, 6.07) is 9.44. The Morgan fingerprint density at radius 1 is 1.24 bits per heavy atom. The van der Waals surface area contributed by atoms with Gasteiger partial charge in [-0.05, 0) is 31.4 Å². The van der Waals surface area contributed by atoms with Crippen LogP contribution in [0.3, 0.4) is 0 Å². The Kier molecular flexibility index (Phi) is 5.37. The molecule has 116 valence electrons. The Morgan fingerprint density at radius 3 is 2.43 bits per heavy atom. The molecule has 1 aromatic carbocycles. The lowest BCUT2D eigenvalue weighted by Gasteiger charge is -2.34. The van der Waals surface area contributed by atoms with Crippen molar-refractivity contribution >= 4 is 5.91 Å². The third kappa shape index (κ3) is 4.05. The summed E-state index contributed by atoms with van der Waals surface area (Å²) >= 11 is 0. The molecule has 1 unspecified atom stereocenters. The van der Waals surface area contributed by atoms with Crippen LogP contribution < -0.4 is 11.5 Å². The molecule has 1 aliphatic rings. The highest BCUT2D eigenvalue weighted by atomic mass is 16.1. The third-order valence-electron chi connectivity index (χ3n) is 4.54. The van der Waals surface area contributed by atoms with E-state index >= 15 is 0 Å². The summed E-state index contributed by atoms with van der Waals surface area (Å²) in [5, 5.41) is 0. The van der Waals surface area contributed by atoms with Crippen LogP contribution in [0.2, 0.25) is 0 Å². The minimum Gasteiger partial charge on any atom is -0.368 e. The standard InChI is InChI=1S/C17H27N3O/c1-20(12-14-8-4-2-5-9-14)13-17(19,16(18)21)15-10-6-3-7-11-15/h3,6-7,10-11,14H,2,4-5,8-9,12-13,19H2,1H3,(H2,18,21). The second-order valence-corrected chi connectivity index (χ2v) is 6.40. The predicted octanol–water partition coefficient (Wildman–Crippen LogP) is 1.84. The largest absolute Gasteiger partial charge is 0.368 e. The van der Waals surface area contributed by atoms with Crippen LogP contribution in [0.25, 0.3) is 0 Å². The molecule has 4 heteroatoms. The molecule has 0 spiro atoms. The maximum atomic E-state index is 11.9. The number of nitrogens with zero attached hydrogens (tertiary/aromatic N) is 1. The van der Waals surface area contributed by atoms with Crippen LogP contribution in [-0.4, -0.2) is 30.9 Å². The number of nitrogens with two attached hydrogens (primary N) is 2. The van der Waals surface area contributed by atoms with Crippen LogP contribution in [0.4, 0.5) is 0 Å². The lowest BCUT2D eigenvalue weighted by molar-refractivity contribution is -0.124. The number of carbonyl (C=O) groups is 1. The van der Waals surface area contributed by atoms with Gasteiger partial charge >= 0.3 is 0 Å². The van der Waals surface area contributed by atoms with Crippen molar-refractivity contribution in [2.45, 2.75) is 37.6 Å². The van der Waals surface area contributed by atoms with Gasteiger partial charge in [-0.3, -0.25) is 4.79 Å². The Balaban J connectivity index is 2.03. The molecule has 21 heavy (non-hydrogen) atoms. The number of benzene rings is 1. The van der Waals surface area contributed by atoms with Gasteiger partial charge in [0, 0.05) is 13.1 Å². The van der Waals surface area contributed by atoms with Crippen molar-refractivity contribution < 1.29 is 4.79 Å². The van der Waals surface area contributed by atoms with Gasteiger partial charge in [0.25, 0.3) is 0 Å². The average molecular weight is 289 g/mol. The van der Waals surface area contributed by atoms with Gasteiger partial charge in [0.15, 0.2) is 0 Å². The van der Waals surface area contributed by atoms with Gasteiger partial charge in [0.1, 0.15) is 5.54 Å². The maximum absolute atomic E-state index is 11.9. The van der Waals surface area contributed by atoms with Gasteiger partial charge in [0.2, 0.25) is 5.91 Å². The van der Waals surface area contributed by atoms with Crippen molar-refractivity contribution in [2.24, 2.45) is 17.4 Å².